The van der Waals surface area contributed by atoms with Crippen molar-refractivity contribution in [3.8, 4) is 0 Å². The van der Waals surface area contributed by atoms with Crippen LogP contribution in [0.1, 0.15) is 29.4 Å². The quantitative estimate of drug-likeness (QED) is 0.837. The standard InChI is InChI=1S/C15H20N2O2S/c1-11-4-6-16(7-5-11)14(18)12-9-17(10-12)15(19)13-3-2-8-20-13/h2-3,8,11-12H,4-7,9-10H2,1H3. The summed E-state index contributed by atoms with van der Waals surface area (Å²) in [6.07, 6.45) is 2.21. The molecule has 1 aromatic rings. The molecule has 3 heterocycles. The van der Waals surface area contributed by atoms with E-state index in [9.17, 15) is 9.59 Å². The van der Waals surface area contributed by atoms with Gasteiger partial charge in [0.2, 0.25) is 5.91 Å². The monoisotopic (exact) mass is 292 g/mol. The van der Waals surface area contributed by atoms with E-state index in [1.165, 1.54) is 11.3 Å². The minimum absolute atomic E-state index is 0.0207. The highest BCUT2D eigenvalue weighted by Gasteiger charge is 2.38. The van der Waals surface area contributed by atoms with Gasteiger partial charge in [0, 0.05) is 26.2 Å². The molecule has 0 radical (unpaired) electrons. The zero-order chi connectivity index (χ0) is 14.1. The lowest BCUT2D eigenvalue weighted by atomic mass is 9.94. The molecule has 0 unspecified atom stereocenters. The third-order valence-electron chi connectivity index (χ3n) is 4.35. The Morgan fingerprint density at radius 3 is 2.50 bits per heavy atom. The van der Waals surface area contributed by atoms with Crippen LogP contribution in [0.25, 0.3) is 0 Å². The third kappa shape index (κ3) is 2.59. The second-order valence-corrected chi connectivity index (χ2v) is 6.84. The zero-order valence-corrected chi connectivity index (χ0v) is 12.6. The van der Waals surface area contributed by atoms with Crippen molar-refractivity contribution < 1.29 is 9.59 Å². The molecule has 20 heavy (non-hydrogen) atoms. The van der Waals surface area contributed by atoms with Crippen molar-refractivity contribution in [3.05, 3.63) is 22.4 Å². The SMILES string of the molecule is CC1CCN(C(=O)C2CN(C(=O)c3cccs3)C2)CC1. The summed E-state index contributed by atoms with van der Waals surface area (Å²) < 4.78 is 0. The van der Waals surface area contributed by atoms with Crippen LogP contribution in [0.15, 0.2) is 17.5 Å². The van der Waals surface area contributed by atoms with Crippen molar-refractivity contribution in [2.45, 2.75) is 19.8 Å². The second-order valence-electron chi connectivity index (χ2n) is 5.89. The van der Waals surface area contributed by atoms with E-state index in [4.69, 9.17) is 0 Å². The van der Waals surface area contributed by atoms with E-state index >= 15 is 0 Å². The molecule has 0 aromatic carbocycles. The van der Waals surface area contributed by atoms with Gasteiger partial charge in [-0.2, -0.15) is 0 Å². The number of amides is 2. The zero-order valence-electron chi connectivity index (χ0n) is 11.7. The smallest absolute Gasteiger partial charge is 0.263 e. The molecule has 2 fully saturated rings. The van der Waals surface area contributed by atoms with Gasteiger partial charge in [0.25, 0.3) is 5.91 Å². The predicted octanol–water partition coefficient (Wildman–Crippen LogP) is 2.08. The van der Waals surface area contributed by atoms with Crippen LogP contribution in [-0.2, 0) is 4.79 Å². The van der Waals surface area contributed by atoms with Gasteiger partial charge in [0.1, 0.15) is 0 Å². The molecule has 0 bridgehead atoms. The van der Waals surface area contributed by atoms with E-state index in [0.717, 1.165) is 36.7 Å². The van der Waals surface area contributed by atoms with Crippen molar-refractivity contribution in [2.75, 3.05) is 26.2 Å². The number of likely N-dealkylation sites (tertiary alicyclic amines) is 2. The van der Waals surface area contributed by atoms with Crippen LogP contribution in [0.4, 0.5) is 0 Å². The predicted molar refractivity (Wildman–Crippen MR) is 78.7 cm³/mol. The molecule has 0 spiro atoms. The molecule has 0 aliphatic carbocycles. The lowest BCUT2D eigenvalue weighted by Crippen LogP contribution is -2.57. The third-order valence-corrected chi connectivity index (χ3v) is 5.20. The minimum Gasteiger partial charge on any atom is -0.342 e. The molecular formula is C15H20N2O2S. The van der Waals surface area contributed by atoms with Gasteiger partial charge in [-0.1, -0.05) is 13.0 Å². The number of thiophene rings is 1. The fourth-order valence-corrected chi connectivity index (χ4v) is 3.53. The van der Waals surface area contributed by atoms with Gasteiger partial charge in [0.15, 0.2) is 0 Å². The maximum Gasteiger partial charge on any atom is 0.263 e. The highest BCUT2D eigenvalue weighted by molar-refractivity contribution is 7.12. The molecule has 1 aromatic heterocycles. The van der Waals surface area contributed by atoms with Crippen LogP contribution in [0.3, 0.4) is 0 Å². The Morgan fingerprint density at radius 2 is 1.90 bits per heavy atom. The number of hydrogen-bond donors (Lipinski definition) is 0. The Balaban J connectivity index is 1.50. The van der Waals surface area contributed by atoms with Gasteiger partial charge in [-0.05, 0) is 30.2 Å². The van der Waals surface area contributed by atoms with Crippen molar-refractivity contribution >= 4 is 23.2 Å². The van der Waals surface area contributed by atoms with Crippen molar-refractivity contribution in [1.29, 1.82) is 0 Å². The van der Waals surface area contributed by atoms with Crippen LogP contribution in [0.5, 0.6) is 0 Å². The van der Waals surface area contributed by atoms with Crippen LogP contribution < -0.4 is 0 Å². The van der Waals surface area contributed by atoms with E-state index in [2.05, 4.69) is 6.92 Å². The van der Waals surface area contributed by atoms with E-state index in [-0.39, 0.29) is 17.7 Å². The Hall–Kier alpha value is -1.36. The molecule has 2 saturated heterocycles. The topological polar surface area (TPSA) is 40.6 Å². The number of rotatable bonds is 2. The minimum atomic E-state index is 0.0207. The Morgan fingerprint density at radius 1 is 1.20 bits per heavy atom. The maximum atomic E-state index is 12.3. The molecule has 2 aliphatic rings. The number of carbonyl (C=O) groups is 2. The van der Waals surface area contributed by atoms with Crippen LogP contribution >= 0.6 is 11.3 Å². The second kappa shape index (κ2) is 5.56. The largest absolute Gasteiger partial charge is 0.342 e. The molecular weight excluding hydrogens is 272 g/mol. The molecule has 0 atom stereocenters. The average Bonchev–Trinajstić information content (AvgIpc) is 2.91. The Bertz CT molecular complexity index is 486. The molecule has 3 rings (SSSR count). The highest BCUT2D eigenvalue weighted by atomic mass is 32.1. The Labute approximate surface area is 123 Å². The van der Waals surface area contributed by atoms with E-state index in [0.29, 0.717) is 13.1 Å². The molecule has 5 heteroatoms. The van der Waals surface area contributed by atoms with Crippen molar-refractivity contribution in [3.63, 3.8) is 0 Å². The number of nitrogens with zero attached hydrogens (tertiary/aromatic N) is 2. The van der Waals surface area contributed by atoms with Crippen LogP contribution in [-0.4, -0.2) is 47.8 Å². The molecule has 2 aliphatic heterocycles. The fourth-order valence-electron chi connectivity index (χ4n) is 2.84. The van der Waals surface area contributed by atoms with Crippen molar-refractivity contribution in [2.24, 2.45) is 11.8 Å². The van der Waals surface area contributed by atoms with E-state index in [1.807, 2.05) is 22.4 Å². The number of hydrogen-bond acceptors (Lipinski definition) is 3. The molecule has 0 N–H and O–H groups in total. The fraction of sp³-hybridized carbons (Fsp3) is 0.600. The number of carbonyl (C=O) groups excluding carboxylic acids is 2. The van der Waals surface area contributed by atoms with E-state index in [1.54, 1.807) is 4.90 Å². The summed E-state index contributed by atoms with van der Waals surface area (Å²) >= 11 is 1.46. The summed E-state index contributed by atoms with van der Waals surface area (Å²) in [4.78, 5) is 28.9. The lowest BCUT2D eigenvalue weighted by molar-refractivity contribution is -0.141. The first kappa shape index (κ1) is 13.6. The molecule has 108 valence electrons. The van der Waals surface area contributed by atoms with Crippen LogP contribution in [0.2, 0.25) is 0 Å². The first-order chi connectivity index (χ1) is 9.65. The van der Waals surface area contributed by atoms with Gasteiger partial charge in [0.05, 0.1) is 10.8 Å². The average molecular weight is 292 g/mol. The summed E-state index contributed by atoms with van der Waals surface area (Å²) in [5, 5.41) is 1.91. The molecule has 2 amide bonds. The van der Waals surface area contributed by atoms with Gasteiger partial charge in [-0.15, -0.1) is 11.3 Å². The van der Waals surface area contributed by atoms with Gasteiger partial charge in [-0.3, -0.25) is 9.59 Å². The summed E-state index contributed by atoms with van der Waals surface area (Å²) in [6.45, 7) is 5.18. The number of piperidine rings is 1. The van der Waals surface area contributed by atoms with Crippen molar-refractivity contribution in [1.82, 2.24) is 9.80 Å². The van der Waals surface area contributed by atoms with Gasteiger partial charge in [-0.25, -0.2) is 0 Å². The van der Waals surface area contributed by atoms with Gasteiger partial charge < -0.3 is 9.80 Å². The first-order valence-electron chi connectivity index (χ1n) is 7.26. The first-order valence-corrected chi connectivity index (χ1v) is 8.14. The highest BCUT2D eigenvalue weighted by Crippen LogP contribution is 2.25. The molecule has 4 nitrogen and oxygen atoms in total. The molecule has 0 saturated carbocycles. The van der Waals surface area contributed by atoms with E-state index < -0.39 is 0 Å². The van der Waals surface area contributed by atoms with Gasteiger partial charge >= 0.3 is 0 Å². The van der Waals surface area contributed by atoms with Crippen LogP contribution in [0, 0.1) is 11.8 Å². The lowest BCUT2D eigenvalue weighted by Gasteiger charge is -2.41. The summed E-state index contributed by atoms with van der Waals surface area (Å²) in [5.41, 5.74) is 0. The Kier molecular flexibility index (Phi) is 3.78. The summed E-state index contributed by atoms with van der Waals surface area (Å²) in [7, 11) is 0. The summed E-state index contributed by atoms with van der Waals surface area (Å²) in [6, 6.07) is 3.73. The summed E-state index contributed by atoms with van der Waals surface area (Å²) in [5.74, 6) is 1.06. The maximum absolute atomic E-state index is 12.3. The normalized spacial score (nSPS) is 20.9.